The molecule has 1 aromatic rings. The lowest BCUT2D eigenvalue weighted by atomic mass is 10.2. The summed E-state index contributed by atoms with van der Waals surface area (Å²) in [6.45, 7) is 1.31. The highest BCUT2D eigenvalue weighted by molar-refractivity contribution is 7.15. The Balaban J connectivity index is 1.98. The van der Waals surface area contributed by atoms with Gasteiger partial charge in [-0.3, -0.25) is 4.79 Å². The average molecular weight is 269 g/mol. The molecule has 18 heavy (non-hydrogen) atoms. The van der Waals surface area contributed by atoms with Crippen LogP contribution in [0, 0.1) is 0 Å². The van der Waals surface area contributed by atoms with E-state index in [0.29, 0.717) is 11.4 Å². The molecule has 0 aliphatic carbocycles. The Morgan fingerprint density at radius 2 is 2.22 bits per heavy atom. The second kappa shape index (κ2) is 5.49. The maximum Gasteiger partial charge on any atom is 0.345 e. The van der Waals surface area contributed by atoms with Crippen LogP contribution in [0.15, 0.2) is 12.1 Å². The SMILES string of the molecule is CN(C[C@@H]1CCCO1)C(=O)c1ccc(C(=O)O)s1. The maximum absolute atomic E-state index is 12.1. The topological polar surface area (TPSA) is 66.8 Å². The van der Waals surface area contributed by atoms with Gasteiger partial charge in [0.2, 0.25) is 0 Å². The number of thiophene rings is 1. The van der Waals surface area contributed by atoms with Crippen molar-refractivity contribution in [3.8, 4) is 0 Å². The maximum atomic E-state index is 12.1. The van der Waals surface area contributed by atoms with Gasteiger partial charge in [0, 0.05) is 20.2 Å². The first-order chi connectivity index (χ1) is 8.58. The van der Waals surface area contributed by atoms with Crippen molar-refractivity contribution in [1.29, 1.82) is 0 Å². The van der Waals surface area contributed by atoms with Gasteiger partial charge in [0.05, 0.1) is 11.0 Å². The number of rotatable bonds is 4. The van der Waals surface area contributed by atoms with E-state index in [0.717, 1.165) is 30.8 Å². The van der Waals surface area contributed by atoms with Crippen molar-refractivity contribution >= 4 is 23.2 Å². The number of carboxylic acid groups (broad SMARTS) is 1. The average Bonchev–Trinajstić information content (AvgIpc) is 2.98. The molecule has 0 unspecified atom stereocenters. The number of hydrogen-bond donors (Lipinski definition) is 1. The van der Waals surface area contributed by atoms with E-state index < -0.39 is 5.97 Å². The molecule has 0 spiro atoms. The minimum absolute atomic E-state index is 0.109. The summed E-state index contributed by atoms with van der Waals surface area (Å²) in [5, 5.41) is 8.81. The number of carboxylic acids is 1. The molecule has 1 N–H and O–H groups in total. The van der Waals surface area contributed by atoms with Crippen LogP contribution in [0.1, 0.15) is 32.2 Å². The summed E-state index contributed by atoms with van der Waals surface area (Å²) in [5.74, 6) is -1.15. The fourth-order valence-electron chi connectivity index (χ4n) is 1.93. The van der Waals surface area contributed by atoms with Crippen LogP contribution in [0.2, 0.25) is 0 Å². The molecule has 5 nitrogen and oxygen atoms in total. The third kappa shape index (κ3) is 2.88. The largest absolute Gasteiger partial charge is 0.477 e. The summed E-state index contributed by atoms with van der Waals surface area (Å²) in [6, 6.07) is 3.02. The zero-order chi connectivity index (χ0) is 13.1. The van der Waals surface area contributed by atoms with E-state index in [2.05, 4.69) is 0 Å². The number of aromatic carboxylic acids is 1. The molecule has 1 atom stereocenters. The quantitative estimate of drug-likeness (QED) is 0.903. The highest BCUT2D eigenvalue weighted by atomic mass is 32.1. The number of likely N-dealkylation sites (N-methyl/N-ethyl adjacent to an activating group) is 1. The Morgan fingerprint density at radius 1 is 1.50 bits per heavy atom. The van der Waals surface area contributed by atoms with Crippen LogP contribution in [-0.2, 0) is 4.74 Å². The Morgan fingerprint density at radius 3 is 2.78 bits per heavy atom. The Labute approximate surface area is 109 Å². The zero-order valence-corrected chi connectivity index (χ0v) is 10.9. The van der Waals surface area contributed by atoms with Crippen LogP contribution in [-0.4, -0.2) is 48.2 Å². The molecule has 1 aliphatic rings. The molecule has 2 heterocycles. The van der Waals surface area contributed by atoms with Crippen molar-refractivity contribution in [1.82, 2.24) is 4.90 Å². The standard InChI is InChI=1S/C12H15NO4S/c1-13(7-8-3-2-6-17-8)11(14)9-4-5-10(18-9)12(15)16/h4-5,8H,2-3,6-7H2,1H3,(H,15,16)/t8-/m0/s1. The predicted molar refractivity (Wildman–Crippen MR) is 67.2 cm³/mol. The zero-order valence-electron chi connectivity index (χ0n) is 10.1. The number of ether oxygens (including phenoxy) is 1. The van der Waals surface area contributed by atoms with Crippen molar-refractivity contribution in [2.75, 3.05) is 20.2 Å². The summed E-state index contributed by atoms with van der Waals surface area (Å²) >= 11 is 1.00. The lowest BCUT2D eigenvalue weighted by Crippen LogP contribution is -2.33. The monoisotopic (exact) mass is 269 g/mol. The lowest BCUT2D eigenvalue weighted by Gasteiger charge is -2.20. The van der Waals surface area contributed by atoms with Crippen LogP contribution < -0.4 is 0 Å². The van der Waals surface area contributed by atoms with Crippen LogP contribution in [0.3, 0.4) is 0 Å². The van der Waals surface area contributed by atoms with Crippen LogP contribution in [0.25, 0.3) is 0 Å². The molecule has 0 aromatic carbocycles. The van der Waals surface area contributed by atoms with E-state index in [9.17, 15) is 9.59 Å². The van der Waals surface area contributed by atoms with Crippen molar-refractivity contribution in [3.05, 3.63) is 21.9 Å². The Hall–Kier alpha value is -1.40. The lowest BCUT2D eigenvalue weighted by molar-refractivity contribution is 0.0590. The smallest absolute Gasteiger partial charge is 0.345 e. The molecule has 1 fully saturated rings. The third-order valence-electron chi connectivity index (χ3n) is 2.88. The minimum atomic E-state index is -0.999. The van der Waals surface area contributed by atoms with Crippen LogP contribution in [0.5, 0.6) is 0 Å². The fourth-order valence-corrected chi connectivity index (χ4v) is 2.77. The fraction of sp³-hybridized carbons (Fsp3) is 0.500. The minimum Gasteiger partial charge on any atom is -0.477 e. The second-order valence-electron chi connectivity index (χ2n) is 4.29. The normalized spacial score (nSPS) is 18.8. The van der Waals surface area contributed by atoms with Crippen molar-refractivity contribution in [2.45, 2.75) is 18.9 Å². The first kappa shape index (κ1) is 13.0. The Bertz CT molecular complexity index is 451. The molecule has 0 bridgehead atoms. The summed E-state index contributed by atoms with van der Waals surface area (Å²) in [5.41, 5.74) is 0. The molecule has 0 radical (unpaired) electrons. The first-order valence-electron chi connectivity index (χ1n) is 5.78. The van der Waals surface area contributed by atoms with Crippen LogP contribution >= 0.6 is 11.3 Å². The summed E-state index contributed by atoms with van der Waals surface area (Å²) in [4.78, 5) is 25.0. The number of carbonyl (C=O) groups is 2. The van der Waals surface area contributed by atoms with E-state index in [4.69, 9.17) is 9.84 Å². The molecule has 6 heteroatoms. The van der Waals surface area contributed by atoms with Gasteiger partial charge in [-0.15, -0.1) is 11.3 Å². The molecule has 1 aromatic heterocycles. The van der Waals surface area contributed by atoms with Crippen molar-refractivity contribution in [2.24, 2.45) is 0 Å². The van der Waals surface area contributed by atoms with Gasteiger partial charge in [-0.2, -0.15) is 0 Å². The number of amides is 1. The van der Waals surface area contributed by atoms with Gasteiger partial charge in [-0.05, 0) is 25.0 Å². The molecule has 1 aliphatic heterocycles. The van der Waals surface area contributed by atoms with Gasteiger partial charge in [0.1, 0.15) is 4.88 Å². The van der Waals surface area contributed by atoms with Crippen LogP contribution in [0.4, 0.5) is 0 Å². The molecule has 1 saturated heterocycles. The number of hydrogen-bond acceptors (Lipinski definition) is 4. The van der Waals surface area contributed by atoms with Gasteiger partial charge in [0.15, 0.2) is 0 Å². The second-order valence-corrected chi connectivity index (χ2v) is 5.37. The molecular weight excluding hydrogens is 254 g/mol. The van der Waals surface area contributed by atoms with E-state index in [1.165, 1.54) is 6.07 Å². The highest BCUT2D eigenvalue weighted by Gasteiger charge is 2.22. The van der Waals surface area contributed by atoms with E-state index in [1.807, 2.05) is 0 Å². The molecular formula is C12H15NO4S. The third-order valence-corrected chi connectivity index (χ3v) is 3.94. The molecule has 1 amide bonds. The van der Waals surface area contributed by atoms with E-state index in [1.54, 1.807) is 18.0 Å². The number of carbonyl (C=O) groups excluding carboxylic acids is 1. The molecule has 0 saturated carbocycles. The van der Waals surface area contributed by atoms with Gasteiger partial charge >= 0.3 is 5.97 Å². The van der Waals surface area contributed by atoms with Crippen molar-refractivity contribution < 1.29 is 19.4 Å². The molecule has 2 rings (SSSR count). The predicted octanol–water partition coefficient (Wildman–Crippen LogP) is 1.70. The van der Waals surface area contributed by atoms with Gasteiger partial charge in [0.25, 0.3) is 5.91 Å². The Kier molecular flexibility index (Phi) is 3.98. The summed E-state index contributed by atoms with van der Waals surface area (Å²) < 4.78 is 5.47. The highest BCUT2D eigenvalue weighted by Crippen LogP contribution is 2.19. The van der Waals surface area contributed by atoms with Gasteiger partial charge in [-0.1, -0.05) is 0 Å². The van der Waals surface area contributed by atoms with E-state index >= 15 is 0 Å². The molecule has 98 valence electrons. The van der Waals surface area contributed by atoms with E-state index in [-0.39, 0.29) is 16.9 Å². The van der Waals surface area contributed by atoms with Gasteiger partial charge < -0.3 is 14.7 Å². The number of nitrogens with zero attached hydrogens (tertiary/aromatic N) is 1. The summed E-state index contributed by atoms with van der Waals surface area (Å²) in [7, 11) is 1.71. The van der Waals surface area contributed by atoms with Gasteiger partial charge in [-0.25, -0.2) is 4.79 Å². The summed E-state index contributed by atoms with van der Waals surface area (Å²) in [6.07, 6.45) is 2.12. The van der Waals surface area contributed by atoms with Crippen molar-refractivity contribution in [3.63, 3.8) is 0 Å². The first-order valence-corrected chi connectivity index (χ1v) is 6.60.